The molecule has 0 radical (unpaired) electrons. The Labute approximate surface area is 156 Å². The molecule has 2 aromatic rings. The van der Waals surface area contributed by atoms with Crippen LogP contribution in [-0.4, -0.2) is 27.8 Å². The molecule has 0 aliphatic rings. The highest BCUT2D eigenvalue weighted by Crippen LogP contribution is 2.14. The highest BCUT2D eigenvalue weighted by molar-refractivity contribution is 7.88. The van der Waals surface area contributed by atoms with Gasteiger partial charge >= 0.3 is 0 Å². The van der Waals surface area contributed by atoms with Gasteiger partial charge in [0.15, 0.2) is 0 Å². The largest absolute Gasteiger partial charge is 0.492 e. The summed E-state index contributed by atoms with van der Waals surface area (Å²) in [5.41, 5.74) is 2.08. The lowest BCUT2D eigenvalue weighted by Crippen LogP contribution is -2.25. The minimum atomic E-state index is -3.20. The van der Waals surface area contributed by atoms with E-state index in [4.69, 9.17) is 4.74 Å². The first-order valence-electron chi connectivity index (χ1n) is 7.89. The Hall–Kier alpha value is -1.60. The van der Waals surface area contributed by atoms with Crippen molar-refractivity contribution in [1.82, 2.24) is 10.0 Å². The average molecular weight is 385 g/mol. The van der Waals surface area contributed by atoms with Crippen molar-refractivity contribution in [2.45, 2.75) is 19.5 Å². The van der Waals surface area contributed by atoms with Crippen LogP contribution in [0.3, 0.4) is 0 Å². The second kappa shape index (κ2) is 10.4. The van der Waals surface area contributed by atoms with E-state index in [0.717, 1.165) is 30.0 Å². The first-order valence-corrected chi connectivity index (χ1v) is 9.78. The molecule has 2 rings (SSSR count). The minimum Gasteiger partial charge on any atom is -0.492 e. The SMILES string of the molecule is C[C@@H](NS(C)(=O)=O)c1ccc(CNCCOc2ccccc2)cc1.Cl. The van der Waals surface area contributed by atoms with Crippen molar-refractivity contribution in [2.75, 3.05) is 19.4 Å². The molecule has 0 unspecified atom stereocenters. The van der Waals surface area contributed by atoms with Crippen LogP contribution in [0.4, 0.5) is 0 Å². The van der Waals surface area contributed by atoms with Gasteiger partial charge in [0, 0.05) is 19.1 Å². The summed E-state index contributed by atoms with van der Waals surface area (Å²) >= 11 is 0. The third-order valence-electron chi connectivity index (χ3n) is 3.49. The maximum atomic E-state index is 11.3. The molecule has 2 aromatic carbocycles. The highest BCUT2D eigenvalue weighted by Gasteiger charge is 2.10. The zero-order valence-corrected chi connectivity index (χ0v) is 16.1. The normalized spacial score (nSPS) is 12.2. The molecule has 5 nitrogen and oxygen atoms in total. The predicted molar refractivity (Wildman–Crippen MR) is 104 cm³/mol. The van der Waals surface area contributed by atoms with Gasteiger partial charge in [-0.05, 0) is 30.2 Å². The topological polar surface area (TPSA) is 67.4 Å². The Bertz CT molecular complexity index is 722. The molecule has 138 valence electrons. The Morgan fingerprint density at radius 3 is 2.28 bits per heavy atom. The van der Waals surface area contributed by atoms with E-state index < -0.39 is 10.0 Å². The number of sulfonamides is 1. The van der Waals surface area contributed by atoms with Crippen LogP contribution < -0.4 is 14.8 Å². The molecule has 0 aliphatic heterocycles. The molecule has 0 saturated heterocycles. The zero-order chi connectivity index (χ0) is 17.4. The van der Waals surface area contributed by atoms with E-state index in [2.05, 4.69) is 10.0 Å². The Balaban J connectivity index is 0.00000312. The van der Waals surface area contributed by atoms with Gasteiger partial charge in [0.2, 0.25) is 10.0 Å². The molecule has 0 fully saturated rings. The van der Waals surface area contributed by atoms with E-state index in [-0.39, 0.29) is 18.4 Å². The summed E-state index contributed by atoms with van der Waals surface area (Å²) in [6, 6.07) is 17.4. The van der Waals surface area contributed by atoms with Gasteiger partial charge < -0.3 is 10.1 Å². The Kier molecular flexibility index (Phi) is 8.92. The molecule has 0 spiro atoms. The summed E-state index contributed by atoms with van der Waals surface area (Å²) in [5, 5.41) is 3.32. The average Bonchev–Trinajstić information content (AvgIpc) is 2.54. The summed E-state index contributed by atoms with van der Waals surface area (Å²) in [6.45, 7) is 3.93. The van der Waals surface area contributed by atoms with Crippen LogP contribution in [0.1, 0.15) is 24.1 Å². The number of hydrogen-bond donors (Lipinski definition) is 2. The van der Waals surface area contributed by atoms with Crippen LogP contribution in [0.15, 0.2) is 54.6 Å². The zero-order valence-electron chi connectivity index (χ0n) is 14.4. The number of halogens is 1. The van der Waals surface area contributed by atoms with E-state index in [1.54, 1.807) is 0 Å². The molecule has 1 atom stereocenters. The van der Waals surface area contributed by atoms with Crippen molar-refractivity contribution < 1.29 is 13.2 Å². The molecule has 2 N–H and O–H groups in total. The van der Waals surface area contributed by atoms with Gasteiger partial charge in [-0.1, -0.05) is 42.5 Å². The van der Waals surface area contributed by atoms with Gasteiger partial charge in [-0.3, -0.25) is 0 Å². The van der Waals surface area contributed by atoms with Crippen LogP contribution in [-0.2, 0) is 16.6 Å². The van der Waals surface area contributed by atoms with Crippen molar-refractivity contribution in [1.29, 1.82) is 0 Å². The van der Waals surface area contributed by atoms with Gasteiger partial charge in [-0.25, -0.2) is 13.1 Å². The summed E-state index contributed by atoms with van der Waals surface area (Å²) in [6.07, 6.45) is 1.17. The number of rotatable bonds is 9. The molecule has 0 aromatic heterocycles. The molecule has 0 bridgehead atoms. The highest BCUT2D eigenvalue weighted by atomic mass is 35.5. The molecule has 0 aliphatic carbocycles. The minimum absolute atomic E-state index is 0. The van der Waals surface area contributed by atoms with E-state index in [1.165, 1.54) is 6.26 Å². The van der Waals surface area contributed by atoms with Crippen LogP contribution in [0.25, 0.3) is 0 Å². The quantitative estimate of drug-likeness (QED) is 0.652. The molecule has 0 saturated carbocycles. The summed E-state index contributed by atoms with van der Waals surface area (Å²) in [7, 11) is -3.20. The maximum absolute atomic E-state index is 11.3. The number of nitrogens with one attached hydrogen (secondary N) is 2. The first kappa shape index (κ1) is 21.4. The third-order valence-corrected chi connectivity index (χ3v) is 4.27. The molecule has 7 heteroatoms. The van der Waals surface area contributed by atoms with Crippen molar-refractivity contribution in [3.63, 3.8) is 0 Å². The van der Waals surface area contributed by atoms with Crippen molar-refractivity contribution >= 4 is 22.4 Å². The Morgan fingerprint density at radius 2 is 1.68 bits per heavy atom. The lowest BCUT2D eigenvalue weighted by atomic mass is 10.1. The monoisotopic (exact) mass is 384 g/mol. The number of hydrogen-bond acceptors (Lipinski definition) is 4. The lowest BCUT2D eigenvalue weighted by molar-refractivity contribution is 0.313. The van der Waals surface area contributed by atoms with Gasteiger partial charge in [0.05, 0.1) is 6.26 Å². The van der Waals surface area contributed by atoms with Crippen LogP contribution in [0, 0.1) is 0 Å². The summed E-state index contributed by atoms with van der Waals surface area (Å²) in [4.78, 5) is 0. The Morgan fingerprint density at radius 1 is 1.04 bits per heavy atom. The van der Waals surface area contributed by atoms with Crippen LogP contribution >= 0.6 is 12.4 Å². The van der Waals surface area contributed by atoms with E-state index in [0.29, 0.717) is 6.61 Å². The van der Waals surface area contributed by atoms with Crippen molar-refractivity contribution in [3.8, 4) is 5.75 Å². The fourth-order valence-electron chi connectivity index (χ4n) is 2.30. The van der Waals surface area contributed by atoms with Gasteiger partial charge in [0.25, 0.3) is 0 Å². The smallest absolute Gasteiger partial charge is 0.209 e. The third kappa shape index (κ3) is 8.36. The second-order valence-electron chi connectivity index (χ2n) is 5.69. The molecular weight excluding hydrogens is 360 g/mol. The molecular formula is C18H25ClN2O3S. The van der Waals surface area contributed by atoms with Crippen LogP contribution in [0.2, 0.25) is 0 Å². The summed E-state index contributed by atoms with van der Waals surface area (Å²) < 4.78 is 30.7. The number of benzene rings is 2. The van der Waals surface area contributed by atoms with E-state index >= 15 is 0 Å². The predicted octanol–water partition coefficient (Wildman–Crippen LogP) is 2.89. The first-order chi connectivity index (χ1) is 11.4. The molecule has 0 heterocycles. The van der Waals surface area contributed by atoms with Gasteiger partial charge in [-0.15, -0.1) is 12.4 Å². The van der Waals surface area contributed by atoms with Gasteiger partial charge in [-0.2, -0.15) is 0 Å². The lowest BCUT2D eigenvalue weighted by Gasteiger charge is -2.13. The van der Waals surface area contributed by atoms with Crippen LogP contribution in [0.5, 0.6) is 5.75 Å². The fraction of sp³-hybridized carbons (Fsp3) is 0.333. The fourth-order valence-corrected chi connectivity index (χ4v) is 3.08. The van der Waals surface area contributed by atoms with E-state index in [1.807, 2.05) is 61.5 Å². The number of para-hydroxylation sites is 1. The summed E-state index contributed by atoms with van der Waals surface area (Å²) in [5.74, 6) is 0.871. The molecule has 0 amide bonds. The van der Waals surface area contributed by atoms with Crippen molar-refractivity contribution in [2.24, 2.45) is 0 Å². The van der Waals surface area contributed by atoms with Crippen molar-refractivity contribution in [3.05, 3.63) is 65.7 Å². The standard InChI is InChI=1S/C18H24N2O3S.ClH/c1-15(20-24(2,21)22)17-10-8-16(9-11-17)14-19-12-13-23-18-6-4-3-5-7-18;/h3-11,15,19-20H,12-14H2,1-2H3;1H/t15-;/m1./s1. The van der Waals surface area contributed by atoms with Gasteiger partial charge in [0.1, 0.15) is 12.4 Å². The van der Waals surface area contributed by atoms with E-state index in [9.17, 15) is 8.42 Å². The maximum Gasteiger partial charge on any atom is 0.209 e. The second-order valence-corrected chi connectivity index (χ2v) is 7.47. The number of ether oxygens (including phenoxy) is 1. The molecule has 25 heavy (non-hydrogen) atoms.